The van der Waals surface area contributed by atoms with Gasteiger partial charge in [0.1, 0.15) is 5.75 Å². The van der Waals surface area contributed by atoms with Crippen molar-refractivity contribution in [2.24, 2.45) is 5.92 Å². The number of phenols is 1. The lowest BCUT2D eigenvalue weighted by molar-refractivity contribution is 0.0734. The van der Waals surface area contributed by atoms with E-state index in [1.165, 1.54) is 12.8 Å². The lowest BCUT2D eigenvalue weighted by Crippen LogP contribution is -2.33. The van der Waals surface area contributed by atoms with Crippen LogP contribution in [0.2, 0.25) is 0 Å². The number of carbonyl (C=O) groups excluding carboxylic acids is 1. The van der Waals surface area contributed by atoms with Gasteiger partial charge in [-0.3, -0.25) is 4.79 Å². The molecule has 3 rings (SSSR count). The largest absolute Gasteiger partial charge is 0.508 e. The molecule has 2 aromatic carbocycles. The van der Waals surface area contributed by atoms with Crippen LogP contribution in [0.25, 0.3) is 0 Å². The minimum Gasteiger partial charge on any atom is -0.508 e. The molecule has 1 aliphatic carbocycles. The van der Waals surface area contributed by atoms with E-state index in [-0.39, 0.29) is 24.1 Å². The third kappa shape index (κ3) is 4.42. The van der Waals surface area contributed by atoms with Crippen LogP contribution in [0.5, 0.6) is 5.75 Å². The van der Waals surface area contributed by atoms with Gasteiger partial charge in [0, 0.05) is 24.3 Å². The van der Waals surface area contributed by atoms with Crippen molar-refractivity contribution in [3.63, 3.8) is 0 Å². The van der Waals surface area contributed by atoms with Gasteiger partial charge in [-0.1, -0.05) is 18.2 Å². The molecular formula is C19H23ClN2O2. The molecule has 0 unspecified atom stereocenters. The van der Waals surface area contributed by atoms with E-state index < -0.39 is 0 Å². The molecule has 0 aliphatic heterocycles. The lowest BCUT2D eigenvalue weighted by Gasteiger charge is -2.24. The van der Waals surface area contributed by atoms with Crippen molar-refractivity contribution in [3.8, 4) is 5.75 Å². The van der Waals surface area contributed by atoms with Crippen LogP contribution in [-0.2, 0) is 6.54 Å². The Kier molecular flexibility index (Phi) is 5.73. The zero-order valence-electron chi connectivity index (χ0n) is 13.7. The van der Waals surface area contributed by atoms with Gasteiger partial charge in [0.15, 0.2) is 0 Å². The van der Waals surface area contributed by atoms with E-state index in [4.69, 9.17) is 5.73 Å². The predicted octanol–water partition coefficient (Wildman–Crippen LogP) is 3.76. The summed E-state index contributed by atoms with van der Waals surface area (Å²) in [5.74, 6) is 0.823. The highest BCUT2D eigenvalue weighted by Gasteiger charge is 2.28. The summed E-state index contributed by atoms with van der Waals surface area (Å²) in [5, 5.41) is 9.64. The quantitative estimate of drug-likeness (QED) is 0.810. The van der Waals surface area contributed by atoms with Gasteiger partial charge >= 0.3 is 0 Å². The summed E-state index contributed by atoms with van der Waals surface area (Å²) < 4.78 is 0. The van der Waals surface area contributed by atoms with Crippen LogP contribution in [0, 0.1) is 12.8 Å². The highest BCUT2D eigenvalue weighted by atomic mass is 35.5. The zero-order valence-corrected chi connectivity index (χ0v) is 14.6. The number of anilines is 1. The molecule has 0 spiro atoms. The fraction of sp³-hybridized carbons (Fsp3) is 0.316. The zero-order chi connectivity index (χ0) is 16.4. The number of nitrogens with zero attached hydrogens (tertiary/aromatic N) is 1. The smallest absolute Gasteiger partial charge is 0.254 e. The Hall–Kier alpha value is -2.20. The molecule has 0 bridgehead atoms. The molecule has 0 aromatic heterocycles. The Bertz CT molecular complexity index is 729. The standard InChI is InChI=1S/C19H22N2O2.ClH/c1-13-5-8-16(20)10-18(13)19(23)21(11-14-6-7-14)12-15-3-2-4-17(22)9-15;/h2-5,8-10,14,22H,6-7,11-12,20H2,1H3;1H. The average Bonchev–Trinajstić information content (AvgIpc) is 3.32. The van der Waals surface area contributed by atoms with Crippen LogP contribution < -0.4 is 5.73 Å². The van der Waals surface area contributed by atoms with Gasteiger partial charge in [-0.2, -0.15) is 0 Å². The number of nitrogen functional groups attached to an aromatic ring is 1. The van der Waals surface area contributed by atoms with Gasteiger partial charge in [0.2, 0.25) is 0 Å². The van der Waals surface area contributed by atoms with E-state index in [1.54, 1.807) is 24.3 Å². The van der Waals surface area contributed by atoms with Crippen LogP contribution in [-0.4, -0.2) is 22.5 Å². The number of nitrogens with two attached hydrogens (primary N) is 1. The third-order valence-electron chi connectivity index (χ3n) is 4.24. The van der Waals surface area contributed by atoms with Crippen LogP contribution in [0.3, 0.4) is 0 Å². The Labute approximate surface area is 148 Å². The van der Waals surface area contributed by atoms with Gasteiger partial charge in [0.05, 0.1) is 0 Å². The molecule has 1 aliphatic rings. The number of hydrogen-bond donors (Lipinski definition) is 2. The SMILES string of the molecule is Cc1ccc(N)cc1C(=O)N(Cc1cccc(O)c1)CC1CC1.Cl. The van der Waals surface area contributed by atoms with Crippen molar-refractivity contribution < 1.29 is 9.90 Å². The van der Waals surface area contributed by atoms with Crippen LogP contribution >= 0.6 is 12.4 Å². The molecular weight excluding hydrogens is 324 g/mol. The van der Waals surface area contributed by atoms with Gasteiger partial charge in [-0.25, -0.2) is 0 Å². The fourth-order valence-electron chi connectivity index (χ4n) is 2.75. The number of aryl methyl sites for hydroxylation is 1. The second-order valence-corrected chi connectivity index (χ2v) is 6.37. The Balaban J connectivity index is 0.00000208. The first-order chi connectivity index (χ1) is 11.0. The summed E-state index contributed by atoms with van der Waals surface area (Å²) in [6.45, 7) is 3.18. The fourth-order valence-corrected chi connectivity index (χ4v) is 2.75. The van der Waals surface area contributed by atoms with Gasteiger partial charge in [-0.05, 0) is 61.1 Å². The maximum Gasteiger partial charge on any atom is 0.254 e. The van der Waals surface area contributed by atoms with E-state index in [1.807, 2.05) is 30.0 Å². The number of phenolic OH excluding ortho intramolecular Hbond substituents is 1. The van der Waals surface area contributed by atoms with Crippen molar-refractivity contribution in [1.29, 1.82) is 0 Å². The molecule has 0 radical (unpaired) electrons. The number of hydrogen-bond acceptors (Lipinski definition) is 3. The van der Waals surface area contributed by atoms with Gasteiger partial charge in [-0.15, -0.1) is 12.4 Å². The molecule has 128 valence electrons. The first-order valence-corrected chi connectivity index (χ1v) is 7.96. The molecule has 1 fully saturated rings. The Morgan fingerprint density at radius 2 is 2.00 bits per heavy atom. The van der Waals surface area contributed by atoms with Crippen molar-refractivity contribution in [2.45, 2.75) is 26.3 Å². The maximum atomic E-state index is 13.0. The molecule has 0 atom stereocenters. The third-order valence-corrected chi connectivity index (χ3v) is 4.24. The molecule has 2 aromatic rings. The topological polar surface area (TPSA) is 66.6 Å². The Morgan fingerprint density at radius 1 is 1.25 bits per heavy atom. The maximum absolute atomic E-state index is 13.0. The highest BCUT2D eigenvalue weighted by molar-refractivity contribution is 5.96. The summed E-state index contributed by atoms with van der Waals surface area (Å²) in [4.78, 5) is 14.8. The monoisotopic (exact) mass is 346 g/mol. The van der Waals surface area contributed by atoms with E-state index in [9.17, 15) is 9.90 Å². The minimum atomic E-state index is 0. The second-order valence-electron chi connectivity index (χ2n) is 6.37. The number of amides is 1. The highest BCUT2D eigenvalue weighted by Crippen LogP contribution is 2.31. The minimum absolute atomic E-state index is 0. The van der Waals surface area contributed by atoms with E-state index in [0.717, 1.165) is 17.7 Å². The Morgan fingerprint density at radius 3 is 2.67 bits per heavy atom. The molecule has 24 heavy (non-hydrogen) atoms. The molecule has 5 heteroatoms. The molecule has 1 amide bonds. The number of halogens is 1. The first kappa shape index (κ1) is 18.1. The van der Waals surface area contributed by atoms with E-state index >= 15 is 0 Å². The molecule has 1 saturated carbocycles. The van der Waals surface area contributed by atoms with Crippen LogP contribution in [0.4, 0.5) is 5.69 Å². The van der Waals surface area contributed by atoms with Crippen LogP contribution in [0.15, 0.2) is 42.5 Å². The summed E-state index contributed by atoms with van der Waals surface area (Å²) in [6, 6.07) is 12.5. The predicted molar refractivity (Wildman–Crippen MR) is 98.4 cm³/mol. The van der Waals surface area contributed by atoms with Crippen molar-refractivity contribution >= 4 is 24.0 Å². The number of carbonyl (C=O) groups is 1. The van der Waals surface area contributed by atoms with Crippen LogP contribution in [0.1, 0.15) is 34.3 Å². The van der Waals surface area contributed by atoms with Gasteiger partial charge < -0.3 is 15.7 Å². The van der Waals surface area contributed by atoms with Crippen molar-refractivity contribution in [2.75, 3.05) is 12.3 Å². The normalized spacial score (nSPS) is 13.2. The molecule has 0 heterocycles. The number of aromatic hydroxyl groups is 1. The summed E-state index contributed by atoms with van der Waals surface area (Å²) in [7, 11) is 0. The lowest BCUT2D eigenvalue weighted by atomic mass is 10.1. The molecule has 0 saturated heterocycles. The van der Waals surface area contributed by atoms with Gasteiger partial charge in [0.25, 0.3) is 5.91 Å². The van der Waals surface area contributed by atoms with E-state index in [2.05, 4.69) is 0 Å². The first-order valence-electron chi connectivity index (χ1n) is 7.96. The van der Waals surface area contributed by atoms with Crippen molar-refractivity contribution in [1.82, 2.24) is 4.90 Å². The second kappa shape index (κ2) is 7.58. The molecule has 4 nitrogen and oxygen atoms in total. The van der Waals surface area contributed by atoms with Crippen molar-refractivity contribution in [3.05, 3.63) is 59.2 Å². The average molecular weight is 347 g/mol. The number of benzene rings is 2. The summed E-state index contributed by atoms with van der Waals surface area (Å²) in [6.07, 6.45) is 2.36. The number of rotatable bonds is 5. The van der Waals surface area contributed by atoms with E-state index in [0.29, 0.717) is 23.7 Å². The molecule has 3 N–H and O–H groups in total. The summed E-state index contributed by atoms with van der Waals surface area (Å²) >= 11 is 0. The summed E-state index contributed by atoms with van der Waals surface area (Å²) in [5.41, 5.74) is 8.97.